The lowest BCUT2D eigenvalue weighted by Crippen LogP contribution is -2.47. The van der Waals surface area contributed by atoms with E-state index in [1.54, 1.807) is 6.92 Å². The molecule has 0 spiro atoms. The Bertz CT molecular complexity index is 1140. The van der Waals surface area contributed by atoms with Crippen LogP contribution in [0.5, 0.6) is 11.6 Å². The van der Waals surface area contributed by atoms with Crippen LogP contribution in [0.25, 0.3) is 5.69 Å². The number of hydrogen-bond acceptors (Lipinski definition) is 4. The largest absolute Gasteiger partial charge is 0.436 e. The molecule has 0 N–H and O–H groups in total. The zero-order chi connectivity index (χ0) is 23.5. The van der Waals surface area contributed by atoms with E-state index in [1.807, 2.05) is 11.9 Å². The fourth-order valence-corrected chi connectivity index (χ4v) is 3.80. The molecule has 0 bridgehead atoms. The summed E-state index contributed by atoms with van der Waals surface area (Å²) in [5.74, 6) is -1.94. The van der Waals surface area contributed by atoms with E-state index in [1.165, 1.54) is 35.0 Å². The highest BCUT2D eigenvalue weighted by Crippen LogP contribution is 2.33. The second-order valence-corrected chi connectivity index (χ2v) is 8.12. The van der Waals surface area contributed by atoms with E-state index in [4.69, 9.17) is 4.74 Å². The molecule has 0 aliphatic carbocycles. The number of nitrogens with zero attached hydrogens (tertiary/aromatic N) is 4. The van der Waals surface area contributed by atoms with Crippen LogP contribution in [0.3, 0.4) is 0 Å². The Morgan fingerprint density at radius 1 is 1.00 bits per heavy atom. The molecule has 0 radical (unpaired) electrons. The standard InChI is InChI=1S/C24H25F3N4O2/c1-16-20(8-10-23(32)30-13-11-29(2)12-14-30)24(33-22-9-5-18(26)15-21(22)27)31(28-16)19-6-3-17(25)4-7-19/h3-7,9,15H,8,10-14H2,1-2H3. The molecule has 1 aliphatic rings. The molecule has 1 fully saturated rings. The number of aryl methyl sites for hydroxylation is 1. The Balaban J connectivity index is 1.63. The van der Waals surface area contributed by atoms with E-state index < -0.39 is 17.5 Å². The molecular weight excluding hydrogens is 433 g/mol. The molecular formula is C24H25F3N4O2. The minimum atomic E-state index is -0.862. The maximum Gasteiger partial charge on any atom is 0.226 e. The van der Waals surface area contributed by atoms with E-state index in [0.29, 0.717) is 36.5 Å². The summed E-state index contributed by atoms with van der Waals surface area (Å²) in [5.41, 5.74) is 1.74. The van der Waals surface area contributed by atoms with Gasteiger partial charge in [0.25, 0.3) is 0 Å². The maximum atomic E-state index is 14.3. The fraction of sp³-hybridized carbons (Fsp3) is 0.333. The van der Waals surface area contributed by atoms with Crippen molar-refractivity contribution in [2.24, 2.45) is 0 Å². The van der Waals surface area contributed by atoms with Gasteiger partial charge in [-0.05, 0) is 56.8 Å². The number of hydrogen-bond donors (Lipinski definition) is 0. The number of halogens is 3. The SMILES string of the molecule is Cc1nn(-c2ccc(F)cc2)c(Oc2ccc(F)cc2F)c1CCC(=O)N1CCN(C)CC1. The van der Waals surface area contributed by atoms with E-state index in [0.717, 1.165) is 25.2 Å². The van der Waals surface area contributed by atoms with E-state index in [-0.39, 0.29) is 24.0 Å². The molecule has 1 saturated heterocycles. The monoisotopic (exact) mass is 458 g/mol. The van der Waals surface area contributed by atoms with Gasteiger partial charge in [-0.3, -0.25) is 4.79 Å². The number of carbonyl (C=O) groups is 1. The minimum Gasteiger partial charge on any atom is -0.436 e. The number of ether oxygens (including phenoxy) is 1. The summed E-state index contributed by atoms with van der Waals surface area (Å²) in [6, 6.07) is 8.64. The molecule has 2 aromatic carbocycles. The van der Waals surface area contributed by atoms with E-state index in [2.05, 4.69) is 10.00 Å². The van der Waals surface area contributed by atoms with Crippen molar-refractivity contribution in [1.82, 2.24) is 19.6 Å². The topological polar surface area (TPSA) is 50.6 Å². The zero-order valence-corrected chi connectivity index (χ0v) is 18.5. The third-order valence-corrected chi connectivity index (χ3v) is 5.75. The third-order valence-electron chi connectivity index (χ3n) is 5.75. The second kappa shape index (κ2) is 9.66. The van der Waals surface area contributed by atoms with Crippen LogP contribution >= 0.6 is 0 Å². The molecule has 0 atom stereocenters. The van der Waals surface area contributed by atoms with Gasteiger partial charge in [0, 0.05) is 44.2 Å². The van der Waals surface area contributed by atoms with Gasteiger partial charge in [0.05, 0.1) is 11.4 Å². The van der Waals surface area contributed by atoms with Crippen molar-refractivity contribution in [3.8, 4) is 17.3 Å². The number of amides is 1. The molecule has 174 valence electrons. The Hall–Kier alpha value is -3.33. The van der Waals surface area contributed by atoms with E-state index >= 15 is 0 Å². The lowest BCUT2D eigenvalue weighted by atomic mass is 10.1. The number of likely N-dealkylation sites (N-methyl/N-ethyl adjacent to an activating group) is 1. The lowest BCUT2D eigenvalue weighted by molar-refractivity contribution is -0.132. The smallest absolute Gasteiger partial charge is 0.226 e. The minimum absolute atomic E-state index is 0.0240. The zero-order valence-electron chi connectivity index (χ0n) is 18.5. The van der Waals surface area contributed by atoms with Crippen LogP contribution in [0.1, 0.15) is 17.7 Å². The first-order valence-corrected chi connectivity index (χ1v) is 10.8. The highest BCUT2D eigenvalue weighted by molar-refractivity contribution is 5.76. The van der Waals surface area contributed by atoms with E-state index in [9.17, 15) is 18.0 Å². The molecule has 6 nitrogen and oxygen atoms in total. The normalized spacial score (nSPS) is 14.5. The van der Waals surface area contributed by atoms with Crippen LogP contribution in [-0.2, 0) is 11.2 Å². The summed E-state index contributed by atoms with van der Waals surface area (Å²) < 4.78 is 48.4. The fourth-order valence-electron chi connectivity index (χ4n) is 3.80. The van der Waals surface area contributed by atoms with Crippen molar-refractivity contribution in [2.75, 3.05) is 33.2 Å². The Labute approximate surface area is 190 Å². The molecule has 1 aliphatic heterocycles. The number of benzene rings is 2. The summed E-state index contributed by atoms with van der Waals surface area (Å²) in [6.45, 7) is 4.76. The van der Waals surface area contributed by atoms with Crippen molar-refractivity contribution in [1.29, 1.82) is 0 Å². The summed E-state index contributed by atoms with van der Waals surface area (Å²) in [6.07, 6.45) is 0.568. The van der Waals surface area contributed by atoms with Crippen LogP contribution in [-0.4, -0.2) is 58.7 Å². The van der Waals surface area contributed by atoms with Crippen LogP contribution in [0.4, 0.5) is 13.2 Å². The lowest BCUT2D eigenvalue weighted by Gasteiger charge is -2.32. The van der Waals surface area contributed by atoms with Crippen molar-refractivity contribution in [2.45, 2.75) is 19.8 Å². The quantitative estimate of drug-likeness (QED) is 0.558. The molecule has 0 unspecified atom stereocenters. The van der Waals surface area contributed by atoms with Gasteiger partial charge >= 0.3 is 0 Å². The molecule has 4 rings (SSSR count). The first-order valence-electron chi connectivity index (χ1n) is 10.8. The van der Waals surface area contributed by atoms with Crippen LogP contribution in [0, 0.1) is 24.4 Å². The molecule has 9 heteroatoms. The summed E-state index contributed by atoms with van der Waals surface area (Å²) >= 11 is 0. The Morgan fingerprint density at radius 2 is 1.67 bits per heavy atom. The second-order valence-electron chi connectivity index (χ2n) is 8.12. The highest BCUT2D eigenvalue weighted by Gasteiger charge is 2.24. The predicted molar refractivity (Wildman–Crippen MR) is 117 cm³/mol. The molecule has 33 heavy (non-hydrogen) atoms. The van der Waals surface area contributed by atoms with Gasteiger partial charge in [-0.15, -0.1) is 0 Å². The van der Waals surface area contributed by atoms with Gasteiger partial charge in [-0.2, -0.15) is 5.10 Å². The number of carbonyl (C=O) groups excluding carboxylic acids is 1. The van der Waals surface area contributed by atoms with Crippen molar-refractivity contribution in [3.63, 3.8) is 0 Å². The van der Waals surface area contributed by atoms with Gasteiger partial charge in [0.2, 0.25) is 11.8 Å². The highest BCUT2D eigenvalue weighted by atomic mass is 19.1. The summed E-state index contributed by atoms with van der Waals surface area (Å²) in [5, 5.41) is 4.50. The van der Waals surface area contributed by atoms with Gasteiger partial charge in [-0.1, -0.05) is 0 Å². The summed E-state index contributed by atoms with van der Waals surface area (Å²) in [4.78, 5) is 16.8. The van der Waals surface area contributed by atoms with Gasteiger partial charge < -0.3 is 14.5 Å². The predicted octanol–water partition coefficient (Wildman–Crippen LogP) is 4.10. The van der Waals surface area contributed by atoms with Crippen LogP contribution in [0.2, 0.25) is 0 Å². The first kappa shape index (κ1) is 22.8. The summed E-state index contributed by atoms with van der Waals surface area (Å²) in [7, 11) is 2.02. The van der Waals surface area contributed by atoms with Gasteiger partial charge in [0.15, 0.2) is 11.6 Å². The number of piperazine rings is 1. The average molecular weight is 458 g/mol. The maximum absolute atomic E-state index is 14.3. The van der Waals surface area contributed by atoms with Gasteiger partial charge in [0.1, 0.15) is 11.6 Å². The first-order chi connectivity index (χ1) is 15.8. The van der Waals surface area contributed by atoms with Gasteiger partial charge in [-0.25, -0.2) is 17.9 Å². The molecule has 2 heterocycles. The molecule has 1 aromatic heterocycles. The van der Waals surface area contributed by atoms with Crippen LogP contribution in [0.15, 0.2) is 42.5 Å². The molecule has 0 saturated carbocycles. The molecule has 1 amide bonds. The number of rotatable bonds is 6. The third kappa shape index (κ3) is 5.19. The van der Waals surface area contributed by atoms with Crippen LogP contribution < -0.4 is 4.74 Å². The molecule has 3 aromatic rings. The average Bonchev–Trinajstić information content (AvgIpc) is 3.10. The number of aromatic nitrogens is 2. The van der Waals surface area contributed by atoms with Crippen molar-refractivity contribution >= 4 is 5.91 Å². The van der Waals surface area contributed by atoms with Crippen molar-refractivity contribution < 1.29 is 22.7 Å². The Kier molecular flexibility index (Phi) is 6.69. The Morgan fingerprint density at radius 3 is 2.33 bits per heavy atom. The van der Waals surface area contributed by atoms with Crippen molar-refractivity contribution in [3.05, 3.63) is 71.2 Å².